The molecule has 0 bridgehead atoms. The Kier molecular flexibility index (Phi) is 7.29. The maximum Gasteiger partial charge on any atom is 0.410 e. The number of carbonyl (C=O) groups excluding carboxylic acids is 3. The first-order valence-electron chi connectivity index (χ1n) is 9.87. The first-order valence-corrected chi connectivity index (χ1v) is 9.87. The Labute approximate surface area is 156 Å². The van der Waals surface area contributed by atoms with Gasteiger partial charge in [0.15, 0.2) is 0 Å². The van der Waals surface area contributed by atoms with Crippen molar-refractivity contribution in [2.75, 3.05) is 6.54 Å². The fourth-order valence-corrected chi connectivity index (χ4v) is 3.61. The molecule has 2 fully saturated rings. The summed E-state index contributed by atoms with van der Waals surface area (Å²) in [4.78, 5) is 38.5. The molecule has 148 valence electrons. The van der Waals surface area contributed by atoms with Crippen LogP contribution in [0, 0.1) is 5.92 Å². The van der Waals surface area contributed by atoms with E-state index in [2.05, 4.69) is 10.9 Å². The predicted molar refractivity (Wildman–Crippen MR) is 98.1 cm³/mol. The van der Waals surface area contributed by atoms with Crippen molar-refractivity contribution in [3.8, 4) is 0 Å². The lowest BCUT2D eigenvalue weighted by Crippen LogP contribution is -2.53. The zero-order valence-electron chi connectivity index (χ0n) is 16.3. The molecule has 1 aliphatic heterocycles. The first kappa shape index (κ1) is 20.5. The van der Waals surface area contributed by atoms with E-state index >= 15 is 0 Å². The second-order valence-corrected chi connectivity index (χ2v) is 8.35. The lowest BCUT2D eigenvalue weighted by Gasteiger charge is -2.28. The number of amides is 3. The van der Waals surface area contributed by atoms with Crippen LogP contribution in [-0.2, 0) is 14.3 Å². The average Bonchev–Trinajstić information content (AvgIpc) is 3.00. The van der Waals surface area contributed by atoms with Gasteiger partial charge < -0.3 is 4.74 Å². The number of nitrogens with one attached hydrogen (secondary N) is 2. The number of ether oxygens (including phenoxy) is 1. The van der Waals surface area contributed by atoms with Crippen LogP contribution in [0.1, 0.15) is 78.6 Å². The van der Waals surface area contributed by atoms with Crippen molar-refractivity contribution in [3.63, 3.8) is 0 Å². The van der Waals surface area contributed by atoms with Crippen molar-refractivity contribution >= 4 is 17.9 Å². The molecular formula is C19H33N3O4. The molecule has 26 heavy (non-hydrogen) atoms. The highest BCUT2D eigenvalue weighted by Gasteiger charge is 2.36. The molecule has 0 radical (unpaired) electrons. The van der Waals surface area contributed by atoms with Crippen LogP contribution in [0.5, 0.6) is 0 Å². The van der Waals surface area contributed by atoms with Crippen molar-refractivity contribution in [3.05, 3.63) is 0 Å². The number of nitrogens with zero attached hydrogens (tertiary/aromatic N) is 1. The van der Waals surface area contributed by atoms with Crippen LogP contribution in [-0.4, -0.2) is 41.0 Å². The highest BCUT2D eigenvalue weighted by Crippen LogP contribution is 2.23. The fraction of sp³-hybridized carbons (Fsp3) is 0.842. The Morgan fingerprint density at radius 2 is 1.42 bits per heavy atom. The maximum atomic E-state index is 12.5. The SMILES string of the molecule is CC(C)(C)OC(=O)N1CCC[C@H]1C(=O)NNC(=O)C1CCCCCCC1. The van der Waals surface area contributed by atoms with Gasteiger partial charge >= 0.3 is 6.09 Å². The summed E-state index contributed by atoms with van der Waals surface area (Å²) in [6.45, 7) is 5.88. The van der Waals surface area contributed by atoms with Gasteiger partial charge in [-0.1, -0.05) is 32.1 Å². The van der Waals surface area contributed by atoms with Crippen LogP contribution < -0.4 is 10.9 Å². The quantitative estimate of drug-likeness (QED) is 0.735. The van der Waals surface area contributed by atoms with Gasteiger partial charge in [-0.25, -0.2) is 4.79 Å². The monoisotopic (exact) mass is 367 g/mol. The van der Waals surface area contributed by atoms with E-state index in [-0.39, 0.29) is 17.7 Å². The molecule has 1 saturated carbocycles. The molecule has 0 spiro atoms. The molecule has 2 rings (SSSR count). The minimum Gasteiger partial charge on any atom is -0.444 e. The van der Waals surface area contributed by atoms with E-state index in [1.54, 1.807) is 20.8 Å². The summed E-state index contributed by atoms with van der Waals surface area (Å²) in [5.41, 5.74) is 4.48. The summed E-state index contributed by atoms with van der Waals surface area (Å²) >= 11 is 0. The van der Waals surface area contributed by atoms with Gasteiger partial charge in [0.05, 0.1) is 0 Å². The van der Waals surface area contributed by atoms with Crippen LogP contribution in [0.15, 0.2) is 0 Å². The Hall–Kier alpha value is -1.79. The van der Waals surface area contributed by atoms with Gasteiger partial charge in [-0.3, -0.25) is 25.3 Å². The van der Waals surface area contributed by atoms with E-state index < -0.39 is 17.7 Å². The molecule has 1 saturated heterocycles. The predicted octanol–water partition coefficient (Wildman–Crippen LogP) is 2.89. The molecule has 7 heteroatoms. The molecule has 1 atom stereocenters. The van der Waals surface area contributed by atoms with E-state index in [0.717, 1.165) is 32.1 Å². The highest BCUT2D eigenvalue weighted by atomic mass is 16.6. The number of rotatable bonds is 2. The Bertz CT molecular complexity index is 507. The minimum absolute atomic E-state index is 0.0406. The van der Waals surface area contributed by atoms with Crippen LogP contribution >= 0.6 is 0 Å². The van der Waals surface area contributed by atoms with E-state index in [1.165, 1.54) is 24.2 Å². The average molecular weight is 367 g/mol. The smallest absolute Gasteiger partial charge is 0.410 e. The standard InChI is InChI=1S/C19H33N3O4/c1-19(2,3)26-18(25)22-13-9-12-15(22)17(24)21-20-16(23)14-10-7-5-4-6-8-11-14/h14-15H,4-13H2,1-3H3,(H,20,23)(H,21,24)/t15-/m0/s1. The third-order valence-corrected chi connectivity index (χ3v) is 4.97. The van der Waals surface area contributed by atoms with Gasteiger partial charge in [-0.15, -0.1) is 0 Å². The maximum absolute atomic E-state index is 12.5. The Morgan fingerprint density at radius 1 is 0.846 bits per heavy atom. The topological polar surface area (TPSA) is 87.7 Å². The number of hydrogen-bond donors (Lipinski definition) is 2. The summed E-state index contributed by atoms with van der Waals surface area (Å²) in [7, 11) is 0. The summed E-state index contributed by atoms with van der Waals surface area (Å²) in [5, 5.41) is 0. The molecule has 0 aromatic rings. The molecule has 1 aliphatic carbocycles. The summed E-state index contributed by atoms with van der Waals surface area (Å²) in [6.07, 6.45) is 8.27. The van der Waals surface area contributed by atoms with Crippen LogP contribution in [0.3, 0.4) is 0 Å². The number of hydrazine groups is 1. The van der Waals surface area contributed by atoms with Crippen molar-refractivity contribution in [2.24, 2.45) is 5.92 Å². The zero-order valence-corrected chi connectivity index (χ0v) is 16.3. The van der Waals surface area contributed by atoms with E-state index in [1.807, 2.05) is 0 Å². The lowest BCUT2D eigenvalue weighted by molar-refractivity contribution is -0.133. The molecular weight excluding hydrogens is 334 g/mol. The van der Waals surface area contributed by atoms with Gasteiger partial charge in [0, 0.05) is 12.5 Å². The number of carbonyl (C=O) groups is 3. The van der Waals surface area contributed by atoms with Gasteiger partial charge in [-0.05, 0) is 46.5 Å². The van der Waals surface area contributed by atoms with Crippen molar-refractivity contribution in [2.45, 2.75) is 90.2 Å². The molecule has 2 aliphatic rings. The molecule has 0 aromatic carbocycles. The van der Waals surface area contributed by atoms with Gasteiger partial charge in [-0.2, -0.15) is 0 Å². The lowest BCUT2D eigenvalue weighted by atomic mass is 9.91. The number of likely N-dealkylation sites (tertiary alicyclic amines) is 1. The third-order valence-electron chi connectivity index (χ3n) is 4.97. The Morgan fingerprint density at radius 3 is 2.04 bits per heavy atom. The second-order valence-electron chi connectivity index (χ2n) is 8.35. The van der Waals surface area contributed by atoms with E-state index in [9.17, 15) is 14.4 Å². The second kappa shape index (κ2) is 9.24. The molecule has 0 aromatic heterocycles. The molecule has 2 N–H and O–H groups in total. The van der Waals surface area contributed by atoms with Crippen LogP contribution in [0.25, 0.3) is 0 Å². The number of hydrogen-bond acceptors (Lipinski definition) is 4. The molecule has 3 amide bonds. The molecule has 1 heterocycles. The van der Waals surface area contributed by atoms with Crippen LogP contribution in [0.4, 0.5) is 4.79 Å². The largest absolute Gasteiger partial charge is 0.444 e. The first-order chi connectivity index (χ1) is 12.3. The van der Waals surface area contributed by atoms with E-state index in [0.29, 0.717) is 13.0 Å². The zero-order chi connectivity index (χ0) is 19.2. The van der Waals surface area contributed by atoms with Crippen molar-refractivity contribution in [1.29, 1.82) is 0 Å². The fourth-order valence-electron chi connectivity index (χ4n) is 3.61. The highest BCUT2D eigenvalue weighted by molar-refractivity contribution is 5.88. The van der Waals surface area contributed by atoms with Gasteiger partial charge in [0.1, 0.15) is 11.6 Å². The summed E-state index contributed by atoms with van der Waals surface area (Å²) in [6, 6.07) is -0.595. The van der Waals surface area contributed by atoms with E-state index in [4.69, 9.17) is 4.74 Å². The van der Waals surface area contributed by atoms with Crippen LogP contribution in [0.2, 0.25) is 0 Å². The minimum atomic E-state index is -0.604. The molecule has 0 unspecified atom stereocenters. The summed E-state index contributed by atoms with van der Waals surface area (Å²) < 4.78 is 5.37. The Balaban J connectivity index is 1.83. The normalized spacial score (nSPS) is 22.3. The third kappa shape index (κ3) is 6.18. The molecule has 7 nitrogen and oxygen atoms in total. The van der Waals surface area contributed by atoms with Crippen molar-refractivity contribution < 1.29 is 19.1 Å². The van der Waals surface area contributed by atoms with Gasteiger partial charge in [0.25, 0.3) is 5.91 Å². The van der Waals surface area contributed by atoms with Gasteiger partial charge in [0.2, 0.25) is 5.91 Å². The summed E-state index contributed by atoms with van der Waals surface area (Å²) in [5.74, 6) is -0.518. The van der Waals surface area contributed by atoms with Crippen molar-refractivity contribution in [1.82, 2.24) is 15.8 Å².